The van der Waals surface area contributed by atoms with Crippen LogP contribution in [0.25, 0.3) is 0 Å². The zero-order chi connectivity index (χ0) is 13.3. The van der Waals surface area contributed by atoms with E-state index in [0.29, 0.717) is 18.7 Å². The van der Waals surface area contributed by atoms with Gasteiger partial charge in [0.15, 0.2) is 0 Å². The molecule has 1 amide bonds. The fraction of sp³-hybridized carbons (Fsp3) is 0.500. The number of benzene rings is 1. The summed E-state index contributed by atoms with van der Waals surface area (Å²) in [6.45, 7) is 1.81. The van der Waals surface area contributed by atoms with Crippen LogP contribution in [0.4, 0.5) is 4.39 Å². The summed E-state index contributed by atoms with van der Waals surface area (Å²) in [5, 5.41) is 6.06. The van der Waals surface area contributed by atoms with Crippen LogP contribution in [0, 0.1) is 5.82 Å². The molecule has 4 nitrogen and oxygen atoms in total. The summed E-state index contributed by atoms with van der Waals surface area (Å²) in [6.07, 6.45) is 1.08. The topological polar surface area (TPSA) is 50.4 Å². The van der Waals surface area contributed by atoms with Crippen LogP contribution in [0.1, 0.15) is 18.4 Å². The van der Waals surface area contributed by atoms with Gasteiger partial charge in [-0.05, 0) is 18.9 Å². The van der Waals surface area contributed by atoms with E-state index in [1.165, 1.54) is 6.07 Å². The van der Waals surface area contributed by atoms with Crippen LogP contribution >= 0.6 is 0 Å². The van der Waals surface area contributed by atoms with Crippen LogP contribution in [0.2, 0.25) is 0 Å². The lowest BCUT2D eigenvalue weighted by molar-refractivity contribution is -0.135. The molecule has 0 radical (unpaired) electrons. The largest absolute Gasteiger partial charge is 0.366 e. The van der Waals surface area contributed by atoms with Crippen LogP contribution in [-0.4, -0.2) is 31.7 Å². The zero-order valence-electron chi connectivity index (χ0n) is 10.6. The Morgan fingerprint density at radius 2 is 2.21 bits per heavy atom. The van der Waals surface area contributed by atoms with E-state index in [9.17, 15) is 9.18 Å². The van der Waals surface area contributed by atoms with Crippen molar-refractivity contribution >= 4 is 5.91 Å². The molecular weight excluding hydrogens is 247 g/mol. The van der Waals surface area contributed by atoms with Crippen molar-refractivity contribution in [2.24, 2.45) is 0 Å². The molecule has 0 aromatic heterocycles. The van der Waals surface area contributed by atoms with E-state index >= 15 is 0 Å². The molecule has 1 aliphatic heterocycles. The Balaban J connectivity index is 1.72. The van der Waals surface area contributed by atoms with Crippen LogP contribution < -0.4 is 10.6 Å². The van der Waals surface area contributed by atoms with Crippen molar-refractivity contribution in [1.82, 2.24) is 10.6 Å². The van der Waals surface area contributed by atoms with Gasteiger partial charge in [0.25, 0.3) is 5.91 Å². The molecule has 0 spiro atoms. The van der Waals surface area contributed by atoms with Crippen LogP contribution in [-0.2, 0) is 15.1 Å². The number of morpholine rings is 1. The lowest BCUT2D eigenvalue weighted by Gasteiger charge is -2.26. The third-order valence-electron chi connectivity index (χ3n) is 3.72. The molecule has 5 heteroatoms. The highest BCUT2D eigenvalue weighted by molar-refractivity contribution is 5.82. The van der Waals surface area contributed by atoms with Crippen molar-refractivity contribution in [2.75, 3.05) is 19.7 Å². The Labute approximate surface area is 111 Å². The first-order chi connectivity index (χ1) is 9.21. The Kier molecular flexibility index (Phi) is 3.24. The van der Waals surface area contributed by atoms with Gasteiger partial charge < -0.3 is 15.4 Å². The molecule has 1 aromatic carbocycles. The smallest absolute Gasteiger partial charge is 0.251 e. The average Bonchev–Trinajstić information content (AvgIpc) is 3.21. The van der Waals surface area contributed by atoms with Crippen molar-refractivity contribution in [3.63, 3.8) is 0 Å². The molecule has 1 saturated carbocycles. The van der Waals surface area contributed by atoms with E-state index in [0.717, 1.165) is 19.4 Å². The second-order valence-electron chi connectivity index (χ2n) is 5.11. The summed E-state index contributed by atoms with van der Waals surface area (Å²) >= 11 is 0. The molecule has 1 heterocycles. The fourth-order valence-corrected chi connectivity index (χ4v) is 2.49. The second-order valence-corrected chi connectivity index (χ2v) is 5.11. The van der Waals surface area contributed by atoms with Crippen molar-refractivity contribution in [3.8, 4) is 0 Å². The third-order valence-corrected chi connectivity index (χ3v) is 3.72. The summed E-state index contributed by atoms with van der Waals surface area (Å²) in [5.74, 6) is -0.420. The molecule has 102 valence electrons. The SMILES string of the molecule is O=C(NC1(c2ccccc2F)CC1)C1CNCCO1. The number of ether oxygens (including phenoxy) is 1. The summed E-state index contributed by atoms with van der Waals surface area (Å²) in [6, 6.07) is 6.62. The Hall–Kier alpha value is -1.46. The standard InChI is InChI=1S/C14H17FN2O2/c15-11-4-2-1-3-10(11)14(5-6-14)17-13(18)12-9-16-7-8-19-12/h1-4,12,16H,5-9H2,(H,17,18). The van der Waals surface area contributed by atoms with Gasteiger partial charge in [-0.3, -0.25) is 4.79 Å². The number of hydrogen-bond acceptors (Lipinski definition) is 3. The van der Waals surface area contributed by atoms with E-state index in [1.54, 1.807) is 18.2 Å². The van der Waals surface area contributed by atoms with Crippen molar-refractivity contribution in [3.05, 3.63) is 35.6 Å². The maximum atomic E-state index is 13.8. The number of halogens is 1. The highest BCUT2D eigenvalue weighted by atomic mass is 19.1. The number of amides is 1. The molecule has 1 unspecified atom stereocenters. The lowest BCUT2D eigenvalue weighted by atomic mass is 10.0. The van der Waals surface area contributed by atoms with Crippen LogP contribution in [0.5, 0.6) is 0 Å². The Morgan fingerprint density at radius 1 is 1.42 bits per heavy atom. The van der Waals surface area contributed by atoms with Gasteiger partial charge in [-0.25, -0.2) is 4.39 Å². The van der Waals surface area contributed by atoms with Crippen molar-refractivity contribution < 1.29 is 13.9 Å². The fourth-order valence-electron chi connectivity index (χ4n) is 2.49. The van der Waals surface area contributed by atoms with Gasteiger partial charge in [-0.1, -0.05) is 18.2 Å². The summed E-state index contributed by atoms with van der Waals surface area (Å²) in [7, 11) is 0. The minimum atomic E-state index is -0.525. The molecule has 0 bridgehead atoms. The van der Waals surface area contributed by atoms with Crippen LogP contribution in [0.15, 0.2) is 24.3 Å². The first-order valence-electron chi connectivity index (χ1n) is 6.61. The number of nitrogens with one attached hydrogen (secondary N) is 2. The molecule has 1 aliphatic carbocycles. The van der Waals surface area contributed by atoms with E-state index in [2.05, 4.69) is 10.6 Å². The molecule has 1 saturated heterocycles. The molecule has 1 atom stereocenters. The maximum Gasteiger partial charge on any atom is 0.251 e. The molecular formula is C14H17FN2O2. The predicted octanol–water partition coefficient (Wildman–Crippen LogP) is 0.919. The van der Waals surface area contributed by atoms with Gasteiger partial charge in [-0.15, -0.1) is 0 Å². The Morgan fingerprint density at radius 3 is 2.84 bits per heavy atom. The van der Waals surface area contributed by atoms with Gasteiger partial charge in [0, 0.05) is 18.7 Å². The van der Waals surface area contributed by atoms with E-state index in [1.807, 2.05) is 0 Å². The molecule has 3 rings (SSSR count). The average molecular weight is 264 g/mol. The summed E-state index contributed by atoms with van der Waals surface area (Å²) in [5.41, 5.74) is 0.0515. The van der Waals surface area contributed by atoms with Crippen molar-refractivity contribution in [2.45, 2.75) is 24.5 Å². The number of carbonyl (C=O) groups is 1. The highest BCUT2D eigenvalue weighted by Gasteiger charge is 2.48. The minimum Gasteiger partial charge on any atom is -0.366 e. The summed E-state index contributed by atoms with van der Waals surface area (Å²) in [4.78, 5) is 12.1. The number of rotatable bonds is 3. The van der Waals surface area contributed by atoms with Gasteiger partial charge >= 0.3 is 0 Å². The van der Waals surface area contributed by atoms with E-state index < -0.39 is 11.6 Å². The normalized spacial score (nSPS) is 24.8. The molecule has 2 N–H and O–H groups in total. The third kappa shape index (κ3) is 2.48. The van der Waals surface area contributed by atoms with Gasteiger partial charge in [0.1, 0.15) is 11.9 Å². The molecule has 1 aromatic rings. The lowest BCUT2D eigenvalue weighted by Crippen LogP contribution is -2.50. The van der Waals surface area contributed by atoms with Crippen molar-refractivity contribution in [1.29, 1.82) is 0 Å². The zero-order valence-corrected chi connectivity index (χ0v) is 10.6. The first-order valence-corrected chi connectivity index (χ1v) is 6.61. The van der Waals surface area contributed by atoms with E-state index in [4.69, 9.17) is 4.74 Å². The molecule has 19 heavy (non-hydrogen) atoms. The molecule has 2 aliphatic rings. The molecule has 2 fully saturated rings. The van der Waals surface area contributed by atoms with Gasteiger partial charge in [0.05, 0.1) is 12.1 Å². The van der Waals surface area contributed by atoms with Crippen LogP contribution in [0.3, 0.4) is 0 Å². The number of carbonyl (C=O) groups excluding carboxylic acids is 1. The quantitative estimate of drug-likeness (QED) is 0.853. The maximum absolute atomic E-state index is 13.8. The highest BCUT2D eigenvalue weighted by Crippen LogP contribution is 2.46. The van der Waals surface area contributed by atoms with E-state index in [-0.39, 0.29) is 11.7 Å². The monoisotopic (exact) mass is 264 g/mol. The minimum absolute atomic E-state index is 0.159. The number of hydrogen-bond donors (Lipinski definition) is 2. The second kappa shape index (κ2) is 4.90. The van der Waals surface area contributed by atoms with Gasteiger partial charge in [-0.2, -0.15) is 0 Å². The van der Waals surface area contributed by atoms with Gasteiger partial charge in [0.2, 0.25) is 0 Å². The predicted molar refractivity (Wildman–Crippen MR) is 68.1 cm³/mol. The summed E-state index contributed by atoms with van der Waals surface area (Å²) < 4.78 is 19.2. The first kappa shape index (κ1) is 12.6. The Bertz CT molecular complexity index is 482.